The van der Waals surface area contributed by atoms with Crippen LogP contribution in [0.3, 0.4) is 0 Å². The van der Waals surface area contributed by atoms with E-state index >= 15 is 0 Å². The maximum atomic E-state index is 4.57. The maximum absolute atomic E-state index is 4.57. The van der Waals surface area contributed by atoms with Crippen LogP contribution in [-0.2, 0) is 6.54 Å². The van der Waals surface area contributed by atoms with Crippen molar-refractivity contribution >= 4 is 12.6 Å². The number of hydrogen-bond acceptors (Lipinski definition) is 2. The summed E-state index contributed by atoms with van der Waals surface area (Å²) in [4.78, 5) is 4.57. The van der Waals surface area contributed by atoms with E-state index in [-0.39, 0.29) is 5.25 Å². The molecule has 1 rings (SSSR count). The standard InChI is InChI=1S/C10H18N2S/c1-5-12-6-9(7(2)3)11-10(12)8(4)13/h6-8,13H,5H2,1-4H3. The molecule has 0 saturated carbocycles. The van der Waals surface area contributed by atoms with Crippen molar-refractivity contribution in [1.29, 1.82) is 0 Å². The summed E-state index contributed by atoms with van der Waals surface area (Å²) in [6.07, 6.45) is 2.13. The summed E-state index contributed by atoms with van der Waals surface area (Å²) in [5, 5.41) is 0.215. The fraction of sp³-hybridized carbons (Fsp3) is 0.700. The molecule has 0 aliphatic heterocycles. The van der Waals surface area contributed by atoms with E-state index in [0.717, 1.165) is 18.1 Å². The van der Waals surface area contributed by atoms with E-state index in [0.29, 0.717) is 5.92 Å². The minimum absolute atomic E-state index is 0.215. The quantitative estimate of drug-likeness (QED) is 0.739. The van der Waals surface area contributed by atoms with Crippen LogP contribution in [0, 0.1) is 0 Å². The van der Waals surface area contributed by atoms with Crippen LogP contribution >= 0.6 is 12.6 Å². The van der Waals surface area contributed by atoms with Crippen molar-refractivity contribution in [3.05, 3.63) is 17.7 Å². The van der Waals surface area contributed by atoms with Crippen LogP contribution < -0.4 is 0 Å². The van der Waals surface area contributed by atoms with Gasteiger partial charge in [0, 0.05) is 12.7 Å². The summed E-state index contributed by atoms with van der Waals surface area (Å²) in [7, 11) is 0. The second-order valence-electron chi connectivity index (χ2n) is 3.64. The lowest BCUT2D eigenvalue weighted by atomic mass is 10.2. The fourth-order valence-corrected chi connectivity index (χ4v) is 1.52. The molecule has 2 nitrogen and oxygen atoms in total. The number of hydrogen-bond donors (Lipinski definition) is 1. The van der Waals surface area contributed by atoms with Crippen molar-refractivity contribution in [2.75, 3.05) is 0 Å². The molecule has 13 heavy (non-hydrogen) atoms. The average Bonchev–Trinajstić information content (AvgIpc) is 2.47. The van der Waals surface area contributed by atoms with E-state index in [1.807, 2.05) is 0 Å². The molecule has 0 amide bonds. The summed E-state index contributed by atoms with van der Waals surface area (Å²) in [6, 6.07) is 0. The Morgan fingerprint density at radius 3 is 2.38 bits per heavy atom. The highest BCUT2D eigenvalue weighted by Crippen LogP contribution is 2.21. The maximum Gasteiger partial charge on any atom is 0.121 e. The smallest absolute Gasteiger partial charge is 0.121 e. The first-order valence-corrected chi connectivity index (χ1v) is 5.33. The zero-order chi connectivity index (χ0) is 10.0. The second-order valence-corrected chi connectivity index (χ2v) is 4.42. The molecule has 0 N–H and O–H groups in total. The van der Waals surface area contributed by atoms with Gasteiger partial charge in [-0.25, -0.2) is 4.98 Å². The topological polar surface area (TPSA) is 17.8 Å². The molecular weight excluding hydrogens is 180 g/mol. The Bertz CT molecular complexity index is 276. The molecule has 0 aliphatic rings. The van der Waals surface area contributed by atoms with E-state index in [4.69, 9.17) is 0 Å². The number of rotatable bonds is 3. The highest BCUT2D eigenvalue weighted by molar-refractivity contribution is 7.80. The number of aromatic nitrogens is 2. The third-order valence-corrected chi connectivity index (χ3v) is 2.36. The highest BCUT2D eigenvalue weighted by atomic mass is 32.1. The van der Waals surface area contributed by atoms with E-state index in [9.17, 15) is 0 Å². The number of imidazole rings is 1. The molecule has 1 aromatic heterocycles. The van der Waals surface area contributed by atoms with Gasteiger partial charge in [0.2, 0.25) is 0 Å². The Balaban J connectivity index is 3.04. The third kappa shape index (κ3) is 2.27. The molecule has 1 unspecified atom stereocenters. The summed E-state index contributed by atoms with van der Waals surface area (Å²) < 4.78 is 2.17. The van der Waals surface area contributed by atoms with Gasteiger partial charge >= 0.3 is 0 Å². The van der Waals surface area contributed by atoms with Crippen molar-refractivity contribution in [3.8, 4) is 0 Å². The van der Waals surface area contributed by atoms with Gasteiger partial charge in [0.05, 0.1) is 10.9 Å². The molecule has 1 aromatic rings. The van der Waals surface area contributed by atoms with Crippen molar-refractivity contribution in [3.63, 3.8) is 0 Å². The number of aryl methyl sites for hydroxylation is 1. The Labute approximate surface area is 85.8 Å². The van der Waals surface area contributed by atoms with Crippen molar-refractivity contribution in [1.82, 2.24) is 9.55 Å². The second kappa shape index (κ2) is 4.18. The van der Waals surface area contributed by atoms with Crippen LogP contribution in [0.4, 0.5) is 0 Å². The molecule has 0 bridgehead atoms. The van der Waals surface area contributed by atoms with Gasteiger partial charge in [0.15, 0.2) is 0 Å². The van der Waals surface area contributed by atoms with Crippen LogP contribution in [0.25, 0.3) is 0 Å². The summed E-state index contributed by atoms with van der Waals surface area (Å²) in [5.41, 5.74) is 1.16. The lowest BCUT2D eigenvalue weighted by molar-refractivity contribution is 0.701. The van der Waals surface area contributed by atoms with E-state index in [1.165, 1.54) is 0 Å². The summed E-state index contributed by atoms with van der Waals surface area (Å²) >= 11 is 4.41. The first-order chi connectivity index (χ1) is 6.06. The molecule has 0 radical (unpaired) electrons. The minimum Gasteiger partial charge on any atom is -0.334 e. The zero-order valence-electron chi connectivity index (χ0n) is 8.78. The normalized spacial score (nSPS) is 13.7. The van der Waals surface area contributed by atoms with E-state index in [1.54, 1.807) is 0 Å². The van der Waals surface area contributed by atoms with E-state index in [2.05, 4.69) is 56.1 Å². The first kappa shape index (κ1) is 10.6. The van der Waals surface area contributed by atoms with Gasteiger partial charge in [-0.1, -0.05) is 13.8 Å². The molecule has 1 heterocycles. The van der Waals surface area contributed by atoms with Crippen molar-refractivity contribution in [2.24, 2.45) is 0 Å². The molecule has 0 aromatic carbocycles. The van der Waals surface area contributed by atoms with Crippen LogP contribution in [0.15, 0.2) is 6.20 Å². The SMILES string of the molecule is CCn1cc(C(C)C)nc1C(C)S. The van der Waals surface area contributed by atoms with Crippen molar-refractivity contribution in [2.45, 2.75) is 45.4 Å². The molecule has 0 aliphatic carbocycles. The van der Waals surface area contributed by atoms with Crippen LogP contribution in [0.1, 0.15) is 50.4 Å². The van der Waals surface area contributed by atoms with Crippen LogP contribution in [-0.4, -0.2) is 9.55 Å². The first-order valence-electron chi connectivity index (χ1n) is 4.81. The fourth-order valence-electron chi connectivity index (χ4n) is 1.32. The predicted octanol–water partition coefficient (Wildman–Crippen LogP) is 3.02. The van der Waals surface area contributed by atoms with Crippen molar-refractivity contribution < 1.29 is 0 Å². The van der Waals surface area contributed by atoms with Gasteiger partial charge in [0.1, 0.15) is 5.82 Å². The lowest BCUT2D eigenvalue weighted by Crippen LogP contribution is -2.00. The molecule has 3 heteroatoms. The van der Waals surface area contributed by atoms with Gasteiger partial charge in [0.25, 0.3) is 0 Å². The highest BCUT2D eigenvalue weighted by Gasteiger charge is 2.12. The number of thiol groups is 1. The Morgan fingerprint density at radius 2 is 2.08 bits per heavy atom. The average molecular weight is 198 g/mol. The molecule has 0 saturated heterocycles. The summed E-state index contributed by atoms with van der Waals surface area (Å²) in [6.45, 7) is 9.48. The molecular formula is C10H18N2S. The number of nitrogens with zero attached hydrogens (tertiary/aromatic N) is 2. The van der Waals surface area contributed by atoms with Gasteiger partial charge < -0.3 is 4.57 Å². The molecule has 74 valence electrons. The molecule has 1 atom stereocenters. The van der Waals surface area contributed by atoms with Gasteiger partial charge in [-0.05, 0) is 19.8 Å². The Morgan fingerprint density at radius 1 is 1.46 bits per heavy atom. The summed E-state index contributed by atoms with van der Waals surface area (Å²) in [5.74, 6) is 1.58. The monoisotopic (exact) mass is 198 g/mol. The lowest BCUT2D eigenvalue weighted by Gasteiger charge is -2.05. The Hall–Kier alpha value is -0.440. The molecule has 0 fully saturated rings. The largest absolute Gasteiger partial charge is 0.334 e. The van der Waals surface area contributed by atoms with Crippen LogP contribution in [0.5, 0.6) is 0 Å². The van der Waals surface area contributed by atoms with Gasteiger partial charge in [-0.3, -0.25) is 0 Å². The minimum atomic E-state index is 0.215. The van der Waals surface area contributed by atoms with Crippen LogP contribution in [0.2, 0.25) is 0 Å². The zero-order valence-corrected chi connectivity index (χ0v) is 9.68. The molecule has 0 spiro atoms. The predicted molar refractivity (Wildman–Crippen MR) is 59.4 cm³/mol. The van der Waals surface area contributed by atoms with Gasteiger partial charge in [-0.15, -0.1) is 0 Å². The Kier molecular flexibility index (Phi) is 3.42. The van der Waals surface area contributed by atoms with Gasteiger partial charge in [-0.2, -0.15) is 12.6 Å². The third-order valence-electron chi connectivity index (χ3n) is 2.13. The van der Waals surface area contributed by atoms with E-state index < -0.39 is 0 Å².